The van der Waals surface area contributed by atoms with Crippen molar-refractivity contribution in [1.29, 1.82) is 0 Å². The third-order valence-electron chi connectivity index (χ3n) is 3.04. The van der Waals surface area contributed by atoms with Crippen LogP contribution >= 0.6 is 0 Å². The number of hydrogen-bond acceptors (Lipinski definition) is 4. The van der Waals surface area contributed by atoms with Crippen molar-refractivity contribution in [1.82, 2.24) is 19.9 Å². The zero-order valence-electron chi connectivity index (χ0n) is 11.9. The first-order valence-corrected chi connectivity index (χ1v) is 7.99. The monoisotopic (exact) mass is 312 g/mol. The first kappa shape index (κ1) is 15.6. The molecule has 1 aromatic carbocycles. The van der Waals surface area contributed by atoms with E-state index in [-0.39, 0.29) is 11.4 Å². The van der Waals surface area contributed by atoms with Crippen LogP contribution in [0, 0.1) is 19.7 Å². The van der Waals surface area contributed by atoms with Gasteiger partial charge in [-0.3, -0.25) is 5.10 Å². The van der Waals surface area contributed by atoms with Gasteiger partial charge in [-0.05, 0) is 43.5 Å². The molecule has 0 aliphatic heterocycles. The summed E-state index contributed by atoms with van der Waals surface area (Å²) in [7, 11) is -3.64. The standard InChI is InChI=1S/C13H17FN4O2S/c1-9-6-11(14)7-10(2)13(9)21(19,20)17-5-3-4-12-15-8-16-18-12/h6-8,17H,3-5H2,1-2H3,(H,15,16,18). The fourth-order valence-electron chi connectivity index (χ4n) is 2.21. The molecule has 6 nitrogen and oxygen atoms in total. The van der Waals surface area contributed by atoms with Crippen molar-refractivity contribution in [2.24, 2.45) is 0 Å². The summed E-state index contributed by atoms with van der Waals surface area (Å²) in [6, 6.07) is 2.44. The lowest BCUT2D eigenvalue weighted by Crippen LogP contribution is -2.26. The lowest BCUT2D eigenvalue weighted by Gasteiger charge is -2.12. The van der Waals surface area contributed by atoms with Gasteiger partial charge < -0.3 is 0 Å². The number of aromatic amines is 1. The summed E-state index contributed by atoms with van der Waals surface area (Å²) in [5, 5.41) is 6.43. The fourth-order valence-corrected chi connectivity index (χ4v) is 3.73. The van der Waals surface area contributed by atoms with Gasteiger partial charge in [0.1, 0.15) is 18.0 Å². The van der Waals surface area contributed by atoms with Crippen molar-refractivity contribution in [3.8, 4) is 0 Å². The average Bonchev–Trinajstić information content (AvgIpc) is 2.86. The van der Waals surface area contributed by atoms with Crippen LogP contribution in [0.1, 0.15) is 23.4 Å². The van der Waals surface area contributed by atoms with Crippen LogP contribution in [-0.2, 0) is 16.4 Å². The van der Waals surface area contributed by atoms with Gasteiger partial charge in [-0.15, -0.1) is 0 Å². The Morgan fingerprint density at radius 2 is 1.95 bits per heavy atom. The molecular weight excluding hydrogens is 295 g/mol. The summed E-state index contributed by atoms with van der Waals surface area (Å²) in [4.78, 5) is 4.10. The molecule has 2 aromatic rings. The summed E-state index contributed by atoms with van der Waals surface area (Å²) in [6.45, 7) is 3.44. The van der Waals surface area contributed by atoms with E-state index in [1.165, 1.54) is 18.5 Å². The van der Waals surface area contributed by atoms with Crippen molar-refractivity contribution in [3.05, 3.63) is 41.2 Å². The van der Waals surface area contributed by atoms with Crippen LogP contribution in [0.5, 0.6) is 0 Å². The van der Waals surface area contributed by atoms with Crippen LogP contribution in [0.3, 0.4) is 0 Å². The highest BCUT2D eigenvalue weighted by molar-refractivity contribution is 7.89. The zero-order chi connectivity index (χ0) is 15.5. The molecule has 0 aliphatic carbocycles. The zero-order valence-corrected chi connectivity index (χ0v) is 12.7. The Labute approximate surface area is 122 Å². The minimum Gasteiger partial charge on any atom is -0.263 e. The highest BCUT2D eigenvalue weighted by Crippen LogP contribution is 2.21. The summed E-state index contributed by atoms with van der Waals surface area (Å²) in [5.41, 5.74) is 0.797. The van der Waals surface area contributed by atoms with E-state index in [4.69, 9.17) is 0 Å². The van der Waals surface area contributed by atoms with Crippen molar-refractivity contribution in [2.75, 3.05) is 6.54 Å². The van der Waals surface area contributed by atoms with Gasteiger partial charge in [0.2, 0.25) is 10.0 Å². The van der Waals surface area contributed by atoms with Gasteiger partial charge in [-0.1, -0.05) is 0 Å². The first-order chi connectivity index (χ1) is 9.90. The number of aryl methyl sites for hydroxylation is 3. The molecular formula is C13H17FN4O2S. The number of rotatable bonds is 6. The van der Waals surface area contributed by atoms with E-state index in [9.17, 15) is 12.8 Å². The Balaban J connectivity index is 2.02. The van der Waals surface area contributed by atoms with Crippen LogP contribution in [0.25, 0.3) is 0 Å². The molecule has 1 aromatic heterocycles. The number of benzene rings is 1. The maximum atomic E-state index is 13.2. The SMILES string of the molecule is Cc1cc(F)cc(C)c1S(=O)(=O)NCCCc1ncn[nH]1. The molecule has 0 bridgehead atoms. The minimum absolute atomic E-state index is 0.142. The molecule has 0 saturated carbocycles. The molecule has 0 saturated heterocycles. The summed E-state index contributed by atoms with van der Waals surface area (Å²) in [6.07, 6.45) is 2.60. The number of nitrogens with zero attached hydrogens (tertiary/aromatic N) is 2. The highest BCUT2D eigenvalue weighted by atomic mass is 32.2. The molecule has 21 heavy (non-hydrogen) atoms. The Bertz CT molecular complexity index is 691. The van der Waals surface area contributed by atoms with Gasteiger partial charge in [0.25, 0.3) is 0 Å². The van der Waals surface area contributed by atoms with E-state index in [1.54, 1.807) is 13.8 Å². The lowest BCUT2D eigenvalue weighted by atomic mass is 10.1. The number of aromatic nitrogens is 3. The van der Waals surface area contributed by atoms with Gasteiger partial charge >= 0.3 is 0 Å². The van der Waals surface area contributed by atoms with Gasteiger partial charge in [-0.2, -0.15) is 5.10 Å². The van der Waals surface area contributed by atoms with E-state index < -0.39 is 15.8 Å². The molecule has 0 fully saturated rings. The molecule has 114 valence electrons. The normalized spacial score (nSPS) is 11.8. The second-order valence-electron chi connectivity index (χ2n) is 4.80. The van der Waals surface area contributed by atoms with E-state index in [2.05, 4.69) is 19.9 Å². The van der Waals surface area contributed by atoms with E-state index in [1.807, 2.05) is 0 Å². The van der Waals surface area contributed by atoms with Gasteiger partial charge in [0, 0.05) is 13.0 Å². The molecule has 0 amide bonds. The molecule has 2 N–H and O–H groups in total. The van der Waals surface area contributed by atoms with E-state index in [0.29, 0.717) is 29.8 Å². The van der Waals surface area contributed by atoms with Crippen LogP contribution in [0.4, 0.5) is 4.39 Å². The Hall–Kier alpha value is -1.80. The Kier molecular flexibility index (Phi) is 4.69. The van der Waals surface area contributed by atoms with Crippen LogP contribution in [0.15, 0.2) is 23.4 Å². The van der Waals surface area contributed by atoms with Gasteiger partial charge in [0.05, 0.1) is 4.90 Å². The minimum atomic E-state index is -3.64. The smallest absolute Gasteiger partial charge is 0.241 e. The van der Waals surface area contributed by atoms with Crippen LogP contribution in [0.2, 0.25) is 0 Å². The topological polar surface area (TPSA) is 87.7 Å². The maximum Gasteiger partial charge on any atom is 0.241 e. The lowest BCUT2D eigenvalue weighted by molar-refractivity contribution is 0.575. The molecule has 0 spiro atoms. The van der Waals surface area contributed by atoms with Crippen LogP contribution in [-0.4, -0.2) is 30.1 Å². The van der Waals surface area contributed by atoms with E-state index >= 15 is 0 Å². The molecule has 2 rings (SSSR count). The number of sulfonamides is 1. The third kappa shape index (κ3) is 3.85. The van der Waals surface area contributed by atoms with Gasteiger partial charge in [0.15, 0.2) is 0 Å². The fraction of sp³-hybridized carbons (Fsp3) is 0.385. The second kappa shape index (κ2) is 6.31. The third-order valence-corrected chi connectivity index (χ3v) is 4.81. The molecule has 0 radical (unpaired) electrons. The van der Waals surface area contributed by atoms with Crippen molar-refractivity contribution >= 4 is 10.0 Å². The molecule has 0 unspecified atom stereocenters. The number of nitrogens with one attached hydrogen (secondary N) is 2. The summed E-state index contributed by atoms with van der Waals surface area (Å²) < 4.78 is 40.3. The Morgan fingerprint density at radius 1 is 1.29 bits per heavy atom. The quantitative estimate of drug-likeness (QED) is 0.791. The van der Waals surface area contributed by atoms with Gasteiger partial charge in [-0.25, -0.2) is 22.5 Å². The predicted molar refractivity (Wildman–Crippen MR) is 75.8 cm³/mol. The molecule has 0 atom stereocenters. The van der Waals surface area contributed by atoms with E-state index in [0.717, 1.165) is 0 Å². The molecule has 0 aliphatic rings. The summed E-state index contributed by atoms with van der Waals surface area (Å²) >= 11 is 0. The largest absolute Gasteiger partial charge is 0.263 e. The second-order valence-corrected chi connectivity index (χ2v) is 6.51. The van der Waals surface area contributed by atoms with Crippen molar-refractivity contribution < 1.29 is 12.8 Å². The first-order valence-electron chi connectivity index (χ1n) is 6.51. The maximum absolute atomic E-state index is 13.2. The van der Waals surface area contributed by atoms with Crippen molar-refractivity contribution in [3.63, 3.8) is 0 Å². The van der Waals surface area contributed by atoms with Crippen LogP contribution < -0.4 is 4.72 Å². The molecule has 1 heterocycles. The Morgan fingerprint density at radius 3 is 2.52 bits per heavy atom. The number of hydrogen-bond donors (Lipinski definition) is 2. The predicted octanol–water partition coefficient (Wildman–Crippen LogP) is 1.47. The van der Waals surface area contributed by atoms with Crippen molar-refractivity contribution in [2.45, 2.75) is 31.6 Å². The molecule has 8 heteroatoms. The highest BCUT2D eigenvalue weighted by Gasteiger charge is 2.19. The number of halogens is 1. The number of H-pyrrole nitrogens is 1. The average molecular weight is 312 g/mol. The summed E-state index contributed by atoms with van der Waals surface area (Å²) in [5.74, 6) is 0.276.